The lowest BCUT2D eigenvalue weighted by Crippen LogP contribution is -2.21. The van der Waals surface area contributed by atoms with Crippen LogP contribution in [0.2, 0.25) is 0 Å². The molecule has 1 rings (SSSR count). The maximum absolute atomic E-state index is 10.7. The van der Waals surface area contributed by atoms with Gasteiger partial charge in [-0.25, -0.2) is 0 Å². The van der Waals surface area contributed by atoms with Crippen LogP contribution in [0.4, 0.5) is 26.3 Å². The van der Waals surface area contributed by atoms with Gasteiger partial charge in [-0.2, -0.15) is 43.2 Å². The number of hydrogen-bond donors (Lipinski definition) is 4. The molecule has 0 saturated carbocycles. The minimum Gasteiger partial charge on any atom is -0.508 e. The molecule has 1 aromatic carbocycles. The Morgan fingerprint density at radius 2 is 0.750 bits per heavy atom. The molecule has 16 heteroatoms. The average Bonchev–Trinajstić information content (AvgIpc) is 2.29. The number of phenols is 2. The summed E-state index contributed by atoms with van der Waals surface area (Å²) in [5.41, 5.74) is -11.1. The van der Waals surface area contributed by atoms with Crippen LogP contribution >= 0.6 is 0 Å². The molecular formula is C8H8F6O8S2. The van der Waals surface area contributed by atoms with Crippen molar-refractivity contribution in [1.29, 1.82) is 0 Å². The largest absolute Gasteiger partial charge is 0.522 e. The normalized spacial score (nSPS) is 12.3. The van der Waals surface area contributed by atoms with Crippen molar-refractivity contribution in [2.75, 3.05) is 0 Å². The summed E-state index contributed by atoms with van der Waals surface area (Å²) in [6, 6.07) is 5.70. The van der Waals surface area contributed by atoms with E-state index in [-0.39, 0.29) is 11.5 Å². The van der Waals surface area contributed by atoms with Gasteiger partial charge in [0.1, 0.15) is 11.5 Å². The van der Waals surface area contributed by atoms with Crippen LogP contribution in [-0.4, -0.2) is 47.2 Å². The van der Waals surface area contributed by atoms with E-state index in [1.807, 2.05) is 0 Å². The first-order chi connectivity index (χ1) is 10.3. The number of rotatable bonds is 0. The van der Waals surface area contributed by atoms with E-state index in [2.05, 4.69) is 0 Å². The van der Waals surface area contributed by atoms with E-state index in [9.17, 15) is 26.3 Å². The standard InChI is InChI=1S/C6H6O2.2CHF3O3S/c7-5-1-2-6(8)4-3-5;2*2-1(3,4)8(5,6)7/h1-4,7-8H;2*(H,5,6,7). The van der Waals surface area contributed by atoms with Crippen LogP contribution in [0.1, 0.15) is 0 Å². The predicted octanol–water partition coefficient (Wildman–Crippen LogP) is 1.89. The second kappa shape index (κ2) is 8.36. The summed E-state index contributed by atoms with van der Waals surface area (Å²) in [5.74, 6) is 0.339. The van der Waals surface area contributed by atoms with E-state index >= 15 is 0 Å². The first kappa shape index (κ1) is 24.5. The quantitative estimate of drug-likeness (QED) is 0.219. The summed E-state index contributed by atoms with van der Waals surface area (Å²) in [4.78, 5) is 0. The Morgan fingerprint density at radius 1 is 0.625 bits per heavy atom. The number of hydrogen-bond acceptors (Lipinski definition) is 6. The molecule has 0 amide bonds. The van der Waals surface area contributed by atoms with E-state index < -0.39 is 31.3 Å². The minimum absolute atomic E-state index is 0.169. The Balaban J connectivity index is 0. The van der Waals surface area contributed by atoms with Gasteiger partial charge < -0.3 is 10.2 Å². The molecule has 0 radical (unpaired) electrons. The fourth-order valence-electron chi connectivity index (χ4n) is 0.453. The van der Waals surface area contributed by atoms with E-state index in [0.717, 1.165) is 0 Å². The van der Waals surface area contributed by atoms with Crippen molar-refractivity contribution in [2.45, 2.75) is 11.0 Å². The van der Waals surface area contributed by atoms with Crippen LogP contribution in [0.15, 0.2) is 24.3 Å². The van der Waals surface area contributed by atoms with Crippen LogP contribution in [0.5, 0.6) is 11.5 Å². The third kappa shape index (κ3) is 10.9. The molecule has 24 heavy (non-hydrogen) atoms. The molecule has 4 N–H and O–H groups in total. The van der Waals surface area contributed by atoms with Gasteiger partial charge in [-0.05, 0) is 24.3 Å². The molecule has 0 spiro atoms. The van der Waals surface area contributed by atoms with Crippen LogP contribution in [0, 0.1) is 0 Å². The first-order valence-electron chi connectivity index (χ1n) is 4.84. The molecule has 0 aliphatic heterocycles. The van der Waals surface area contributed by atoms with Gasteiger partial charge in [0.15, 0.2) is 0 Å². The highest BCUT2D eigenvalue weighted by Gasteiger charge is 2.45. The molecule has 0 unspecified atom stereocenters. The van der Waals surface area contributed by atoms with Gasteiger partial charge in [-0.3, -0.25) is 9.11 Å². The van der Waals surface area contributed by atoms with Crippen LogP contribution in [-0.2, 0) is 20.2 Å². The molecule has 0 bridgehead atoms. The maximum Gasteiger partial charge on any atom is 0.522 e. The molecule has 0 aliphatic rings. The van der Waals surface area contributed by atoms with Gasteiger partial charge in [0.25, 0.3) is 0 Å². The zero-order valence-electron chi connectivity index (χ0n) is 10.8. The lowest BCUT2D eigenvalue weighted by molar-refractivity contribution is -0.0514. The van der Waals surface area contributed by atoms with E-state index in [1.165, 1.54) is 24.3 Å². The third-order valence-corrected chi connectivity index (χ3v) is 2.60. The highest BCUT2D eigenvalue weighted by atomic mass is 32.2. The minimum atomic E-state index is -5.84. The van der Waals surface area contributed by atoms with Crippen LogP contribution in [0.25, 0.3) is 0 Å². The van der Waals surface area contributed by atoms with Crippen LogP contribution < -0.4 is 0 Å². The van der Waals surface area contributed by atoms with Crippen molar-refractivity contribution in [3.63, 3.8) is 0 Å². The number of alkyl halides is 6. The SMILES string of the molecule is O=S(=O)(O)C(F)(F)F.O=S(=O)(O)C(F)(F)F.Oc1ccc(O)cc1. The predicted molar refractivity (Wildman–Crippen MR) is 65.0 cm³/mol. The Bertz CT molecular complexity index is 641. The molecule has 0 saturated heterocycles. The fourth-order valence-corrected chi connectivity index (χ4v) is 0.453. The summed E-state index contributed by atoms with van der Waals surface area (Å²) in [6.07, 6.45) is 0. The second-order valence-corrected chi connectivity index (χ2v) is 6.18. The molecule has 142 valence electrons. The molecule has 0 aliphatic carbocycles. The molecule has 0 atom stereocenters. The molecular weight excluding hydrogens is 402 g/mol. The Hall–Kier alpha value is -1.78. The topological polar surface area (TPSA) is 149 Å². The number of aromatic hydroxyl groups is 2. The Morgan fingerprint density at radius 3 is 0.833 bits per heavy atom. The highest BCUT2D eigenvalue weighted by Crippen LogP contribution is 2.21. The van der Waals surface area contributed by atoms with Crippen molar-refractivity contribution >= 4 is 20.2 Å². The fraction of sp³-hybridized carbons (Fsp3) is 0.250. The third-order valence-electron chi connectivity index (χ3n) is 1.43. The molecule has 1 aromatic rings. The van der Waals surface area contributed by atoms with Crippen LogP contribution in [0.3, 0.4) is 0 Å². The summed E-state index contributed by atoms with van der Waals surface area (Å²) in [5, 5.41) is 17.3. The summed E-state index contributed by atoms with van der Waals surface area (Å²) >= 11 is 0. The zero-order valence-corrected chi connectivity index (χ0v) is 12.4. The molecule has 0 heterocycles. The molecule has 8 nitrogen and oxygen atoms in total. The molecule has 0 aromatic heterocycles. The van der Waals surface area contributed by atoms with Crippen molar-refractivity contribution in [2.24, 2.45) is 0 Å². The van der Waals surface area contributed by atoms with E-state index in [4.69, 9.17) is 36.2 Å². The maximum atomic E-state index is 10.7. The van der Waals surface area contributed by atoms with Gasteiger partial charge in [0, 0.05) is 0 Å². The van der Waals surface area contributed by atoms with Crippen molar-refractivity contribution in [1.82, 2.24) is 0 Å². The number of halogens is 6. The monoisotopic (exact) mass is 410 g/mol. The number of phenolic OH excluding ortho intramolecular Hbond substituents is 2. The highest BCUT2D eigenvalue weighted by molar-refractivity contribution is 7.86. The van der Waals surface area contributed by atoms with Gasteiger partial charge in [-0.15, -0.1) is 0 Å². The van der Waals surface area contributed by atoms with Gasteiger partial charge in [-0.1, -0.05) is 0 Å². The Labute approximate surface area is 130 Å². The first-order valence-corrected chi connectivity index (χ1v) is 7.72. The van der Waals surface area contributed by atoms with Crippen molar-refractivity contribution in [3.05, 3.63) is 24.3 Å². The van der Waals surface area contributed by atoms with E-state index in [0.29, 0.717) is 0 Å². The summed E-state index contributed by atoms with van der Waals surface area (Å²) in [7, 11) is -11.7. The summed E-state index contributed by atoms with van der Waals surface area (Å²) < 4.78 is 115. The molecule has 0 fully saturated rings. The lowest BCUT2D eigenvalue weighted by Gasteiger charge is -1.97. The zero-order chi connectivity index (χ0) is 20.0. The van der Waals surface area contributed by atoms with Gasteiger partial charge >= 0.3 is 31.3 Å². The van der Waals surface area contributed by atoms with E-state index in [1.54, 1.807) is 0 Å². The average molecular weight is 410 g/mol. The Kier molecular flexibility index (Phi) is 8.52. The lowest BCUT2D eigenvalue weighted by atomic mass is 10.3. The van der Waals surface area contributed by atoms with Gasteiger partial charge in [0.2, 0.25) is 0 Å². The van der Waals surface area contributed by atoms with Crippen molar-refractivity contribution < 1.29 is 62.5 Å². The van der Waals surface area contributed by atoms with Gasteiger partial charge in [0.05, 0.1) is 0 Å². The summed E-state index contributed by atoms with van der Waals surface area (Å²) in [6.45, 7) is 0. The second-order valence-electron chi connectivity index (χ2n) is 3.36. The van der Waals surface area contributed by atoms with Crippen molar-refractivity contribution in [3.8, 4) is 11.5 Å². The smallest absolute Gasteiger partial charge is 0.508 e. The number of benzene rings is 1.